The highest BCUT2D eigenvalue weighted by Gasteiger charge is 2.28. The van der Waals surface area contributed by atoms with Gasteiger partial charge in [-0.1, -0.05) is 0 Å². The van der Waals surface area contributed by atoms with Gasteiger partial charge in [-0.2, -0.15) is 0 Å². The van der Waals surface area contributed by atoms with Gasteiger partial charge < -0.3 is 10.0 Å². The zero-order valence-corrected chi connectivity index (χ0v) is 7.63. The number of carboxylic acid groups (broad SMARTS) is 1. The van der Waals surface area contributed by atoms with Gasteiger partial charge >= 0.3 is 5.97 Å². The summed E-state index contributed by atoms with van der Waals surface area (Å²) in [6.07, 6.45) is 0.0621. The summed E-state index contributed by atoms with van der Waals surface area (Å²) in [5, 5.41) is 8.53. The molecule has 1 atom stereocenters. The molecule has 0 bridgehead atoms. The van der Waals surface area contributed by atoms with Crippen LogP contribution in [0.1, 0.15) is 13.3 Å². The van der Waals surface area contributed by atoms with Crippen LogP contribution in [0.15, 0.2) is 0 Å². The summed E-state index contributed by atoms with van der Waals surface area (Å²) in [4.78, 5) is 22.9. The van der Waals surface area contributed by atoms with Crippen LogP contribution in [0.25, 0.3) is 0 Å². The second-order valence-electron chi connectivity index (χ2n) is 2.74. The molecule has 1 aliphatic rings. The van der Waals surface area contributed by atoms with E-state index in [1.54, 1.807) is 16.7 Å². The van der Waals surface area contributed by atoms with Crippen molar-refractivity contribution < 1.29 is 14.7 Å². The number of amides is 1. The van der Waals surface area contributed by atoms with Crippen LogP contribution >= 0.6 is 11.8 Å². The molecule has 1 saturated heterocycles. The van der Waals surface area contributed by atoms with Crippen molar-refractivity contribution in [3.05, 3.63) is 0 Å². The molecule has 0 aromatic heterocycles. The van der Waals surface area contributed by atoms with E-state index in [-0.39, 0.29) is 18.4 Å². The molecule has 0 saturated carbocycles. The Morgan fingerprint density at radius 1 is 1.67 bits per heavy atom. The van der Waals surface area contributed by atoms with Gasteiger partial charge in [-0.05, 0) is 0 Å². The normalized spacial score (nSPS) is 22.8. The molecule has 0 unspecified atom stereocenters. The third-order valence-electron chi connectivity index (χ3n) is 1.80. The monoisotopic (exact) mass is 189 g/mol. The number of aliphatic carboxylic acids is 1. The number of carbonyl (C=O) groups excluding carboxylic acids is 1. The molecule has 4 nitrogen and oxygen atoms in total. The van der Waals surface area contributed by atoms with Gasteiger partial charge in [0.15, 0.2) is 0 Å². The van der Waals surface area contributed by atoms with Crippen LogP contribution < -0.4 is 0 Å². The summed E-state index contributed by atoms with van der Waals surface area (Å²) in [5.74, 6) is 0.499. The molecule has 0 aliphatic carbocycles. The highest BCUT2D eigenvalue weighted by Crippen LogP contribution is 2.22. The molecular weight excluding hydrogens is 178 g/mol. The van der Waals surface area contributed by atoms with E-state index < -0.39 is 5.97 Å². The average molecular weight is 189 g/mol. The lowest BCUT2D eigenvalue weighted by molar-refractivity contribution is -0.139. The minimum Gasteiger partial charge on any atom is -0.481 e. The lowest BCUT2D eigenvalue weighted by atomic mass is 10.2. The number of hydrogen-bond donors (Lipinski definition) is 1. The predicted molar refractivity (Wildman–Crippen MR) is 45.9 cm³/mol. The Morgan fingerprint density at radius 3 is 2.83 bits per heavy atom. The lowest BCUT2D eigenvalue weighted by Crippen LogP contribution is -2.36. The van der Waals surface area contributed by atoms with E-state index in [0.717, 1.165) is 5.75 Å². The zero-order chi connectivity index (χ0) is 9.14. The second kappa shape index (κ2) is 3.80. The Balaban J connectivity index is 2.52. The van der Waals surface area contributed by atoms with Crippen molar-refractivity contribution in [2.24, 2.45) is 0 Å². The summed E-state index contributed by atoms with van der Waals surface area (Å²) in [5.41, 5.74) is 0. The van der Waals surface area contributed by atoms with Crippen LogP contribution in [0.3, 0.4) is 0 Å². The molecular formula is C7H11NO3S. The van der Waals surface area contributed by atoms with Gasteiger partial charge in [0.1, 0.15) is 0 Å². The van der Waals surface area contributed by atoms with Crippen LogP contribution in [0.2, 0.25) is 0 Å². The SMILES string of the molecule is CC(=O)N1CSC[C@@H]1CC(=O)O. The van der Waals surface area contributed by atoms with Crippen molar-refractivity contribution >= 4 is 23.6 Å². The lowest BCUT2D eigenvalue weighted by Gasteiger charge is -2.20. The molecule has 1 heterocycles. The standard InChI is InChI=1S/C7H11NO3S/c1-5(9)8-4-12-3-6(8)2-7(10)11/h6H,2-4H2,1H3,(H,10,11)/t6-/m0/s1. The summed E-state index contributed by atoms with van der Waals surface area (Å²) < 4.78 is 0. The zero-order valence-electron chi connectivity index (χ0n) is 6.82. The fourth-order valence-electron chi connectivity index (χ4n) is 1.20. The third-order valence-corrected chi connectivity index (χ3v) is 2.88. The van der Waals surface area contributed by atoms with E-state index in [0.29, 0.717) is 5.88 Å². The van der Waals surface area contributed by atoms with Crippen LogP contribution in [0, 0.1) is 0 Å². The smallest absolute Gasteiger partial charge is 0.305 e. The fraction of sp³-hybridized carbons (Fsp3) is 0.714. The first-order chi connectivity index (χ1) is 5.61. The maximum atomic E-state index is 11.0. The van der Waals surface area contributed by atoms with Crippen molar-refractivity contribution in [2.75, 3.05) is 11.6 Å². The van der Waals surface area contributed by atoms with Crippen molar-refractivity contribution in [2.45, 2.75) is 19.4 Å². The van der Waals surface area contributed by atoms with E-state index in [1.165, 1.54) is 6.92 Å². The first kappa shape index (κ1) is 9.38. The minimum atomic E-state index is -0.839. The van der Waals surface area contributed by atoms with E-state index in [1.807, 2.05) is 0 Å². The maximum Gasteiger partial charge on any atom is 0.305 e. The van der Waals surface area contributed by atoms with Gasteiger partial charge in [-0.15, -0.1) is 11.8 Å². The van der Waals surface area contributed by atoms with Crippen molar-refractivity contribution in [1.29, 1.82) is 0 Å². The number of thioether (sulfide) groups is 1. The molecule has 0 radical (unpaired) electrons. The van der Waals surface area contributed by atoms with Gasteiger partial charge in [0.2, 0.25) is 5.91 Å². The fourth-order valence-corrected chi connectivity index (χ4v) is 2.47. The first-order valence-corrected chi connectivity index (χ1v) is 4.83. The first-order valence-electron chi connectivity index (χ1n) is 3.68. The third kappa shape index (κ3) is 2.14. The molecule has 1 rings (SSSR count). The molecule has 0 spiro atoms. The summed E-state index contributed by atoms with van der Waals surface area (Å²) in [6.45, 7) is 1.47. The molecule has 5 heteroatoms. The van der Waals surface area contributed by atoms with Crippen molar-refractivity contribution in [3.8, 4) is 0 Å². The summed E-state index contributed by atoms with van der Waals surface area (Å²) >= 11 is 1.60. The Labute approximate surface area is 74.9 Å². The summed E-state index contributed by atoms with van der Waals surface area (Å²) in [6, 6.07) is -0.106. The molecule has 0 aromatic rings. The Kier molecular flexibility index (Phi) is 2.97. The van der Waals surface area contributed by atoms with Crippen LogP contribution in [-0.4, -0.2) is 39.6 Å². The van der Waals surface area contributed by atoms with Gasteiger partial charge in [-0.25, -0.2) is 0 Å². The molecule has 12 heavy (non-hydrogen) atoms. The predicted octanol–water partition coefficient (Wildman–Crippen LogP) is 0.383. The van der Waals surface area contributed by atoms with Crippen LogP contribution in [-0.2, 0) is 9.59 Å². The molecule has 1 N–H and O–H groups in total. The van der Waals surface area contributed by atoms with Crippen LogP contribution in [0.4, 0.5) is 0 Å². The Hall–Kier alpha value is -0.710. The van der Waals surface area contributed by atoms with Gasteiger partial charge in [0.05, 0.1) is 18.3 Å². The molecule has 1 amide bonds. The van der Waals surface area contributed by atoms with E-state index >= 15 is 0 Å². The molecule has 1 aliphatic heterocycles. The number of rotatable bonds is 2. The quantitative estimate of drug-likeness (QED) is 0.682. The highest BCUT2D eigenvalue weighted by molar-refractivity contribution is 7.99. The van der Waals surface area contributed by atoms with E-state index in [4.69, 9.17) is 5.11 Å². The topological polar surface area (TPSA) is 57.6 Å². The summed E-state index contributed by atoms with van der Waals surface area (Å²) in [7, 11) is 0. The Morgan fingerprint density at radius 2 is 2.33 bits per heavy atom. The molecule has 0 aromatic carbocycles. The average Bonchev–Trinajstić information content (AvgIpc) is 2.33. The number of carboxylic acids is 1. The van der Waals surface area contributed by atoms with Gasteiger partial charge in [0.25, 0.3) is 0 Å². The number of nitrogens with zero attached hydrogens (tertiary/aromatic N) is 1. The maximum absolute atomic E-state index is 11.0. The van der Waals surface area contributed by atoms with Crippen molar-refractivity contribution in [3.63, 3.8) is 0 Å². The minimum absolute atomic E-state index is 0.0359. The molecule has 1 fully saturated rings. The van der Waals surface area contributed by atoms with Crippen LogP contribution in [0.5, 0.6) is 0 Å². The second-order valence-corrected chi connectivity index (χ2v) is 3.74. The Bertz CT molecular complexity index is 207. The number of hydrogen-bond acceptors (Lipinski definition) is 3. The molecule has 68 valence electrons. The van der Waals surface area contributed by atoms with E-state index in [9.17, 15) is 9.59 Å². The largest absolute Gasteiger partial charge is 0.481 e. The van der Waals surface area contributed by atoms with Crippen molar-refractivity contribution in [1.82, 2.24) is 4.90 Å². The highest BCUT2D eigenvalue weighted by atomic mass is 32.2. The van der Waals surface area contributed by atoms with Gasteiger partial charge in [0, 0.05) is 12.7 Å². The van der Waals surface area contributed by atoms with Gasteiger partial charge in [-0.3, -0.25) is 9.59 Å². The number of carbonyl (C=O) groups is 2. The van der Waals surface area contributed by atoms with E-state index in [2.05, 4.69) is 0 Å².